The third-order valence-corrected chi connectivity index (χ3v) is 4.31. The van der Waals surface area contributed by atoms with Crippen LogP contribution >= 0.6 is 34.9 Å². The molecule has 1 unspecified atom stereocenters. The average Bonchev–Trinajstić information content (AvgIpc) is 2.99. The first-order chi connectivity index (χ1) is 8.81. The second-order valence-corrected chi connectivity index (χ2v) is 6.08. The highest BCUT2D eigenvalue weighted by molar-refractivity contribution is 7.73. The number of H-pyrrole nitrogens is 1. The molecule has 0 fully saturated rings. The Balaban J connectivity index is 0.000000300. The van der Waals surface area contributed by atoms with Crippen molar-refractivity contribution in [3.05, 3.63) is 37.9 Å². The second kappa shape index (κ2) is 6.65. The molecule has 2 aromatic heterocycles. The van der Waals surface area contributed by atoms with Gasteiger partial charge in [0.1, 0.15) is 0 Å². The number of hydrogen-bond donors (Lipinski definition) is 2. The quantitative estimate of drug-likeness (QED) is 0.783. The minimum atomic E-state index is -4.68. The Morgan fingerprint density at radius 2 is 1.89 bits per heavy atom. The second-order valence-electron chi connectivity index (χ2n) is 3.55. The maximum absolute atomic E-state index is 12.5. The fourth-order valence-corrected chi connectivity index (χ4v) is 2.87. The lowest BCUT2D eigenvalue weighted by Crippen LogP contribution is -2.40. The highest BCUT2D eigenvalue weighted by Gasteiger charge is 2.54. The fraction of sp³-hybridized carbons (Fsp3) is 0.364. The van der Waals surface area contributed by atoms with Crippen molar-refractivity contribution in [2.45, 2.75) is 25.1 Å². The summed E-state index contributed by atoms with van der Waals surface area (Å²) in [4.78, 5) is 2.26. The van der Waals surface area contributed by atoms with Crippen LogP contribution in [0.2, 0.25) is 0 Å². The van der Waals surface area contributed by atoms with Crippen molar-refractivity contribution < 1.29 is 18.3 Å². The van der Waals surface area contributed by atoms with E-state index in [0.717, 1.165) is 17.5 Å². The number of hydrogen-bond acceptors (Lipinski definition) is 4. The topological polar surface area (TPSA) is 36.0 Å². The zero-order valence-corrected chi connectivity index (χ0v) is 12.3. The monoisotopic (exact) mass is 327 g/mol. The van der Waals surface area contributed by atoms with Crippen molar-refractivity contribution in [3.63, 3.8) is 0 Å². The molecule has 19 heavy (non-hydrogen) atoms. The van der Waals surface area contributed by atoms with E-state index in [1.54, 1.807) is 11.3 Å². The van der Waals surface area contributed by atoms with E-state index in [1.165, 1.54) is 6.92 Å². The molecule has 0 saturated carbocycles. The van der Waals surface area contributed by atoms with E-state index in [4.69, 9.17) is 0 Å². The highest BCUT2D eigenvalue weighted by Crippen LogP contribution is 2.42. The van der Waals surface area contributed by atoms with Crippen molar-refractivity contribution in [1.82, 2.24) is 4.98 Å². The summed E-state index contributed by atoms with van der Waals surface area (Å²) in [6, 6.07) is 4.04. The number of nitrogens with one attached hydrogen (secondary N) is 1. The van der Waals surface area contributed by atoms with Gasteiger partial charge in [0.05, 0.1) is 4.88 Å². The largest absolute Gasteiger partial charge is 0.422 e. The molecular weight excluding hydrogens is 315 g/mol. The van der Waals surface area contributed by atoms with E-state index in [2.05, 4.69) is 17.2 Å². The van der Waals surface area contributed by atoms with Gasteiger partial charge in [-0.1, -0.05) is 19.1 Å². The normalized spacial score (nSPS) is 14.4. The van der Waals surface area contributed by atoms with Gasteiger partial charge in [-0.25, -0.2) is 0 Å². The number of aromatic amines is 1. The predicted octanol–water partition coefficient (Wildman–Crippen LogP) is 4.71. The molecule has 2 N–H and O–H groups in total. The lowest BCUT2D eigenvalue weighted by molar-refractivity contribution is -0.266. The molecular formula is C11H12F3NOS3. The van der Waals surface area contributed by atoms with E-state index in [0.29, 0.717) is 0 Å². The van der Waals surface area contributed by atoms with Crippen molar-refractivity contribution in [2.24, 2.45) is 0 Å². The van der Waals surface area contributed by atoms with Gasteiger partial charge in [0.2, 0.25) is 0 Å². The Morgan fingerprint density at radius 3 is 2.16 bits per heavy atom. The van der Waals surface area contributed by atoms with Crippen LogP contribution in [0.1, 0.15) is 18.2 Å². The van der Waals surface area contributed by atoms with Crippen molar-refractivity contribution in [1.29, 1.82) is 0 Å². The first kappa shape index (κ1) is 16.4. The third kappa shape index (κ3) is 4.13. The minimum absolute atomic E-state index is 0.197. The Hall–Kier alpha value is -0.700. The molecule has 0 saturated heterocycles. The molecule has 1 atom stereocenters. The minimum Gasteiger partial charge on any atom is -0.376 e. The van der Waals surface area contributed by atoms with Crippen LogP contribution < -0.4 is 0 Å². The molecule has 0 amide bonds. The number of halogens is 3. The Morgan fingerprint density at radius 1 is 1.32 bits per heavy atom. The standard InChI is InChI=1S/C7H8F3NOS2.C4H4S/c1-2-6(12,7(8,9)10)4-3-11-5(13)14-4;1-2-4-5-3-1/h3,12H,2H2,1H3,(H,11,13);1-4H. The molecule has 2 nitrogen and oxygen atoms in total. The van der Waals surface area contributed by atoms with Gasteiger partial charge in [0.25, 0.3) is 0 Å². The van der Waals surface area contributed by atoms with Crippen LogP contribution in [-0.4, -0.2) is 16.3 Å². The Bertz CT molecular complexity index is 515. The number of aromatic nitrogens is 1. The molecule has 0 aliphatic heterocycles. The van der Waals surface area contributed by atoms with Crippen molar-refractivity contribution in [3.8, 4) is 0 Å². The first-order valence-corrected chi connectivity index (χ1v) is 7.43. The molecule has 106 valence electrons. The highest BCUT2D eigenvalue weighted by atomic mass is 32.1. The van der Waals surface area contributed by atoms with Crippen molar-refractivity contribution >= 4 is 34.9 Å². The summed E-state index contributed by atoms with van der Waals surface area (Å²) in [7, 11) is 0. The molecule has 0 aromatic carbocycles. The number of rotatable bonds is 2. The van der Waals surface area contributed by atoms with Gasteiger partial charge in [-0.15, -0.1) is 11.3 Å². The summed E-state index contributed by atoms with van der Waals surface area (Å²) >= 11 is 7.11. The van der Waals surface area contributed by atoms with E-state index < -0.39 is 18.2 Å². The maximum Gasteiger partial charge on any atom is 0.422 e. The van der Waals surface area contributed by atoms with Crippen LogP contribution in [0.4, 0.5) is 13.2 Å². The van der Waals surface area contributed by atoms with E-state index in [9.17, 15) is 18.3 Å². The van der Waals surface area contributed by atoms with Gasteiger partial charge in [0.15, 0.2) is 9.56 Å². The molecule has 0 aliphatic carbocycles. The van der Waals surface area contributed by atoms with Crippen molar-refractivity contribution in [2.75, 3.05) is 0 Å². The van der Waals surface area contributed by atoms with Crippen LogP contribution in [0.3, 0.4) is 0 Å². The maximum atomic E-state index is 12.5. The molecule has 2 aromatic rings. The third-order valence-electron chi connectivity index (χ3n) is 2.34. The van der Waals surface area contributed by atoms with E-state index in [1.807, 2.05) is 22.9 Å². The van der Waals surface area contributed by atoms with E-state index in [-0.39, 0.29) is 8.83 Å². The smallest absolute Gasteiger partial charge is 0.376 e. The number of alkyl halides is 3. The fourth-order valence-electron chi connectivity index (χ4n) is 1.23. The van der Waals surface area contributed by atoms with Crippen LogP contribution in [0, 0.1) is 3.95 Å². The lowest BCUT2D eigenvalue weighted by atomic mass is 9.99. The van der Waals surface area contributed by atoms with Crippen LogP contribution in [0.5, 0.6) is 0 Å². The van der Waals surface area contributed by atoms with Gasteiger partial charge in [0, 0.05) is 6.20 Å². The molecule has 8 heteroatoms. The summed E-state index contributed by atoms with van der Waals surface area (Å²) in [5.74, 6) is 0. The predicted molar refractivity (Wildman–Crippen MR) is 74.1 cm³/mol. The molecule has 0 radical (unpaired) electrons. The van der Waals surface area contributed by atoms with Gasteiger partial charge in [-0.05, 0) is 29.4 Å². The van der Waals surface area contributed by atoms with Crippen LogP contribution in [-0.2, 0) is 5.60 Å². The summed E-state index contributed by atoms with van der Waals surface area (Å²) in [5.41, 5.74) is -2.79. The van der Waals surface area contributed by atoms with Gasteiger partial charge < -0.3 is 10.1 Å². The number of aliphatic hydroxyl groups is 1. The zero-order valence-electron chi connectivity index (χ0n) is 9.90. The summed E-state index contributed by atoms with van der Waals surface area (Å²) < 4.78 is 37.7. The summed E-state index contributed by atoms with van der Waals surface area (Å²) in [6.45, 7) is 1.27. The zero-order chi connectivity index (χ0) is 14.5. The Kier molecular flexibility index (Phi) is 5.72. The number of thiazole rings is 1. The first-order valence-electron chi connectivity index (χ1n) is 5.26. The number of thiophene rings is 1. The average molecular weight is 327 g/mol. The van der Waals surface area contributed by atoms with Gasteiger partial charge in [-0.3, -0.25) is 0 Å². The molecule has 0 spiro atoms. The SMILES string of the molecule is CCC(O)(c1c[nH]c(=S)s1)C(F)(F)F.c1ccsc1. The molecule has 0 aliphatic rings. The molecule has 0 bridgehead atoms. The molecule has 2 heterocycles. The van der Waals surface area contributed by atoms with Gasteiger partial charge in [-0.2, -0.15) is 24.5 Å². The molecule has 2 rings (SSSR count). The van der Waals surface area contributed by atoms with Crippen LogP contribution in [0.15, 0.2) is 29.1 Å². The Labute approximate surface area is 121 Å². The van der Waals surface area contributed by atoms with Gasteiger partial charge >= 0.3 is 6.18 Å². The summed E-state index contributed by atoms with van der Waals surface area (Å²) in [6.07, 6.45) is -4.01. The summed E-state index contributed by atoms with van der Waals surface area (Å²) in [5, 5.41) is 13.5. The lowest BCUT2D eigenvalue weighted by Gasteiger charge is -2.27. The van der Waals surface area contributed by atoms with Crippen LogP contribution in [0.25, 0.3) is 0 Å². The van der Waals surface area contributed by atoms with E-state index >= 15 is 0 Å².